The molecule has 204 valence electrons. The van der Waals surface area contributed by atoms with Crippen LogP contribution in [0, 0.1) is 0 Å². The number of benzene rings is 3. The number of para-hydroxylation sites is 1. The number of carbonyl (C=O) groups excluding carboxylic acids is 4. The van der Waals surface area contributed by atoms with Crippen molar-refractivity contribution < 1.29 is 28.7 Å². The SMILES string of the molecule is CCOc1ccc(C(=O)COC(=O)c2ccc(N3C(=O)CC(NCCc4c[nH]c5ccccc45)C3=O)cc2)cc1. The molecule has 4 aromatic rings. The zero-order valence-corrected chi connectivity index (χ0v) is 22.0. The van der Waals surface area contributed by atoms with E-state index in [0.29, 0.717) is 36.6 Å². The summed E-state index contributed by atoms with van der Waals surface area (Å²) in [5.74, 6) is -1.02. The average Bonchev–Trinajstić information content (AvgIpc) is 3.51. The van der Waals surface area contributed by atoms with E-state index in [9.17, 15) is 19.2 Å². The summed E-state index contributed by atoms with van der Waals surface area (Å²) in [6, 6.07) is 20.0. The molecule has 0 bridgehead atoms. The normalized spacial score (nSPS) is 15.0. The Balaban J connectivity index is 1.13. The van der Waals surface area contributed by atoms with Gasteiger partial charge in [0.2, 0.25) is 5.91 Å². The molecule has 9 nitrogen and oxygen atoms in total. The van der Waals surface area contributed by atoms with Gasteiger partial charge in [0.1, 0.15) is 5.75 Å². The maximum atomic E-state index is 13.0. The summed E-state index contributed by atoms with van der Waals surface area (Å²) in [4.78, 5) is 54.9. The van der Waals surface area contributed by atoms with Crippen LogP contribution in [0.2, 0.25) is 0 Å². The number of carbonyl (C=O) groups is 4. The molecule has 1 fully saturated rings. The van der Waals surface area contributed by atoms with Crippen molar-refractivity contribution in [3.05, 3.63) is 95.7 Å². The van der Waals surface area contributed by atoms with Crippen molar-refractivity contribution >= 4 is 40.2 Å². The first kappa shape index (κ1) is 26.8. The second kappa shape index (κ2) is 12.0. The smallest absolute Gasteiger partial charge is 0.338 e. The topological polar surface area (TPSA) is 118 Å². The molecule has 1 aliphatic rings. The predicted molar refractivity (Wildman–Crippen MR) is 150 cm³/mol. The van der Waals surface area contributed by atoms with Crippen molar-refractivity contribution in [3.63, 3.8) is 0 Å². The molecular weight excluding hydrogens is 510 g/mol. The van der Waals surface area contributed by atoms with E-state index < -0.39 is 18.6 Å². The lowest BCUT2D eigenvalue weighted by atomic mass is 10.1. The van der Waals surface area contributed by atoms with E-state index in [2.05, 4.69) is 10.3 Å². The van der Waals surface area contributed by atoms with Gasteiger partial charge >= 0.3 is 5.97 Å². The third-order valence-electron chi connectivity index (χ3n) is 6.79. The number of aromatic nitrogens is 1. The van der Waals surface area contributed by atoms with Crippen LogP contribution in [0.1, 0.15) is 39.6 Å². The number of nitrogens with zero attached hydrogens (tertiary/aromatic N) is 1. The van der Waals surface area contributed by atoms with Crippen LogP contribution in [-0.2, 0) is 20.7 Å². The number of imide groups is 1. The summed E-state index contributed by atoms with van der Waals surface area (Å²) in [5.41, 5.74) is 3.18. The molecule has 2 heterocycles. The molecule has 1 aliphatic heterocycles. The van der Waals surface area contributed by atoms with Gasteiger partial charge in [-0.2, -0.15) is 0 Å². The lowest BCUT2D eigenvalue weighted by Crippen LogP contribution is -2.39. The highest BCUT2D eigenvalue weighted by atomic mass is 16.5. The molecule has 0 saturated carbocycles. The summed E-state index contributed by atoms with van der Waals surface area (Å²) in [7, 11) is 0. The number of anilines is 1. The quantitative estimate of drug-likeness (QED) is 0.168. The van der Waals surface area contributed by atoms with Gasteiger partial charge in [-0.3, -0.25) is 14.4 Å². The Kier molecular flexibility index (Phi) is 8.02. The third kappa shape index (κ3) is 5.79. The first-order valence-electron chi connectivity index (χ1n) is 13.1. The van der Waals surface area contributed by atoms with Crippen molar-refractivity contribution in [2.45, 2.75) is 25.8 Å². The highest BCUT2D eigenvalue weighted by Crippen LogP contribution is 2.24. The molecule has 1 atom stereocenters. The molecule has 2 amide bonds. The van der Waals surface area contributed by atoms with Gasteiger partial charge in [-0.25, -0.2) is 9.69 Å². The van der Waals surface area contributed by atoms with Gasteiger partial charge in [0, 0.05) is 29.2 Å². The zero-order chi connectivity index (χ0) is 28.1. The number of hydrogen-bond donors (Lipinski definition) is 2. The molecule has 0 radical (unpaired) electrons. The van der Waals surface area contributed by atoms with E-state index in [-0.39, 0.29) is 29.6 Å². The van der Waals surface area contributed by atoms with Crippen LogP contribution < -0.4 is 15.0 Å². The maximum Gasteiger partial charge on any atom is 0.338 e. The largest absolute Gasteiger partial charge is 0.494 e. The first-order chi connectivity index (χ1) is 19.4. The van der Waals surface area contributed by atoms with E-state index in [4.69, 9.17) is 9.47 Å². The van der Waals surface area contributed by atoms with Crippen LogP contribution in [0.4, 0.5) is 5.69 Å². The van der Waals surface area contributed by atoms with Gasteiger partial charge < -0.3 is 19.8 Å². The molecule has 1 saturated heterocycles. The van der Waals surface area contributed by atoms with E-state index in [0.717, 1.165) is 21.4 Å². The van der Waals surface area contributed by atoms with E-state index in [1.807, 2.05) is 37.4 Å². The zero-order valence-electron chi connectivity index (χ0n) is 22.0. The third-order valence-corrected chi connectivity index (χ3v) is 6.79. The molecule has 0 aliphatic carbocycles. The van der Waals surface area contributed by atoms with Gasteiger partial charge in [0.15, 0.2) is 12.4 Å². The van der Waals surface area contributed by atoms with Gasteiger partial charge in [-0.05, 0) is 73.5 Å². The standard InChI is InChI=1S/C31H29N3O6/c1-2-39-24-13-9-20(10-14-24)28(35)19-40-31(38)21-7-11-23(12-8-21)34-29(36)17-27(30(34)37)32-16-15-22-18-33-26-6-4-3-5-25(22)26/h3-14,18,27,32-33H,2,15-17,19H2,1H3. The molecule has 1 unspecified atom stereocenters. The monoisotopic (exact) mass is 539 g/mol. The number of aromatic amines is 1. The second-order valence-corrected chi connectivity index (χ2v) is 9.39. The minimum absolute atomic E-state index is 0.0597. The number of nitrogens with one attached hydrogen (secondary N) is 2. The number of esters is 1. The maximum absolute atomic E-state index is 13.0. The summed E-state index contributed by atoms with van der Waals surface area (Å²) >= 11 is 0. The molecule has 1 aromatic heterocycles. The summed E-state index contributed by atoms with van der Waals surface area (Å²) in [5, 5.41) is 4.34. The molecule has 40 heavy (non-hydrogen) atoms. The van der Waals surface area contributed by atoms with Gasteiger partial charge in [0.25, 0.3) is 5.91 Å². The Labute approximate surface area is 231 Å². The number of H-pyrrole nitrogens is 1. The van der Waals surface area contributed by atoms with E-state index in [1.54, 1.807) is 24.3 Å². The van der Waals surface area contributed by atoms with Gasteiger partial charge in [-0.1, -0.05) is 18.2 Å². The first-order valence-corrected chi connectivity index (χ1v) is 13.1. The van der Waals surface area contributed by atoms with Crippen molar-refractivity contribution in [3.8, 4) is 5.75 Å². The minimum atomic E-state index is -0.679. The molecule has 2 N–H and O–H groups in total. The fraction of sp³-hybridized carbons (Fsp3) is 0.226. The molecule has 0 spiro atoms. The molecule has 9 heteroatoms. The summed E-state index contributed by atoms with van der Waals surface area (Å²) < 4.78 is 10.5. The lowest BCUT2D eigenvalue weighted by Gasteiger charge is -2.16. The fourth-order valence-corrected chi connectivity index (χ4v) is 4.73. The molecule has 3 aromatic carbocycles. The summed E-state index contributed by atoms with van der Waals surface area (Å²) in [6.07, 6.45) is 2.73. The number of amides is 2. The van der Waals surface area contributed by atoms with Crippen LogP contribution in [0.3, 0.4) is 0 Å². The van der Waals surface area contributed by atoms with Crippen molar-refractivity contribution in [1.82, 2.24) is 10.3 Å². The van der Waals surface area contributed by atoms with Crippen LogP contribution in [-0.4, -0.2) is 54.4 Å². The van der Waals surface area contributed by atoms with Crippen molar-refractivity contribution in [1.29, 1.82) is 0 Å². The minimum Gasteiger partial charge on any atom is -0.494 e. The Morgan fingerprint density at radius 3 is 2.45 bits per heavy atom. The van der Waals surface area contributed by atoms with Crippen molar-refractivity contribution in [2.24, 2.45) is 0 Å². The van der Waals surface area contributed by atoms with Crippen LogP contribution in [0.5, 0.6) is 5.75 Å². The van der Waals surface area contributed by atoms with Crippen LogP contribution in [0.25, 0.3) is 10.9 Å². The number of hydrogen-bond acceptors (Lipinski definition) is 7. The number of ether oxygens (including phenoxy) is 2. The Morgan fingerprint density at radius 2 is 1.70 bits per heavy atom. The Hall–Kier alpha value is -4.76. The number of fused-ring (bicyclic) bond motifs is 1. The number of Topliss-reactive ketones (excluding diaryl/α,β-unsaturated/α-hetero) is 1. The molecule has 5 rings (SSSR count). The predicted octanol–water partition coefficient (Wildman–Crippen LogP) is 4.07. The van der Waals surface area contributed by atoms with Crippen LogP contribution in [0.15, 0.2) is 79.0 Å². The van der Waals surface area contributed by atoms with E-state index >= 15 is 0 Å². The highest BCUT2D eigenvalue weighted by Gasteiger charge is 2.39. The van der Waals surface area contributed by atoms with Crippen LogP contribution >= 0.6 is 0 Å². The Bertz CT molecular complexity index is 1540. The Morgan fingerprint density at radius 1 is 0.975 bits per heavy atom. The number of rotatable bonds is 11. The van der Waals surface area contributed by atoms with Gasteiger partial charge in [-0.15, -0.1) is 0 Å². The van der Waals surface area contributed by atoms with Gasteiger partial charge in [0.05, 0.1) is 30.3 Å². The van der Waals surface area contributed by atoms with Crippen molar-refractivity contribution in [2.75, 3.05) is 24.7 Å². The lowest BCUT2D eigenvalue weighted by molar-refractivity contribution is -0.121. The van der Waals surface area contributed by atoms with E-state index in [1.165, 1.54) is 24.3 Å². The average molecular weight is 540 g/mol. The second-order valence-electron chi connectivity index (χ2n) is 9.39. The fourth-order valence-electron chi connectivity index (χ4n) is 4.73. The molecular formula is C31H29N3O6. The summed E-state index contributed by atoms with van der Waals surface area (Å²) in [6.45, 7) is 2.52. The highest BCUT2D eigenvalue weighted by molar-refractivity contribution is 6.22. The number of ketones is 1.